The van der Waals surface area contributed by atoms with Crippen LogP contribution in [0, 0.1) is 17.5 Å². The van der Waals surface area contributed by atoms with Crippen LogP contribution in [0.3, 0.4) is 0 Å². The van der Waals surface area contributed by atoms with E-state index in [9.17, 15) is 52.8 Å². The minimum Gasteiger partial charge on any atom is -0.325 e. The smallest absolute Gasteiger partial charge is 0.280 e. The van der Waals surface area contributed by atoms with Crippen molar-refractivity contribution in [3.05, 3.63) is 189 Å². The fourth-order valence-corrected chi connectivity index (χ4v) is 19.5. The molecule has 33 heteroatoms. The van der Waals surface area contributed by atoms with E-state index in [0.29, 0.717) is 17.1 Å². The lowest BCUT2D eigenvalue weighted by Gasteiger charge is -2.35. The van der Waals surface area contributed by atoms with Gasteiger partial charge in [0.25, 0.3) is 30.6 Å². The number of rotatable bonds is 12. The van der Waals surface area contributed by atoms with Crippen molar-refractivity contribution < 1.29 is 52.8 Å². The van der Waals surface area contributed by atoms with E-state index in [0.717, 1.165) is 77.1 Å². The quantitative estimate of drug-likeness (QED) is 0.0681. The molecule has 9 aromatic rings. The van der Waals surface area contributed by atoms with E-state index in [4.69, 9.17) is 34.8 Å². The van der Waals surface area contributed by atoms with Gasteiger partial charge in [-0.15, -0.1) is 68.0 Å². The molecule has 12 rings (SSSR count). The Morgan fingerprint density at radius 2 is 0.688 bits per heavy atom. The summed E-state index contributed by atoms with van der Waals surface area (Å²) in [4.78, 5) is 44.3. The summed E-state index contributed by atoms with van der Waals surface area (Å²) in [5, 5.41) is 19.4. The topological polar surface area (TPSA) is 236 Å². The Kier molecular flexibility index (Phi) is 25.5. The minimum absolute atomic E-state index is 0. The maximum absolute atomic E-state index is 13.4. The lowest BCUT2D eigenvalue weighted by Crippen LogP contribution is -2.55. The Morgan fingerprint density at radius 1 is 0.430 bits per heavy atom. The molecular formula is C60H63Cl3F3N9O9S9. The third kappa shape index (κ3) is 17.8. The lowest BCUT2D eigenvalue weighted by molar-refractivity contribution is -0.120. The van der Waals surface area contributed by atoms with Crippen molar-refractivity contribution in [1.29, 1.82) is 0 Å². The molecule has 3 aliphatic heterocycles. The predicted octanol–water partition coefficient (Wildman–Crippen LogP) is 15.4. The zero-order valence-electron chi connectivity index (χ0n) is 46.9. The van der Waals surface area contributed by atoms with Crippen molar-refractivity contribution in [1.82, 2.24) is 27.1 Å². The van der Waals surface area contributed by atoms with E-state index in [1.54, 1.807) is 34.0 Å². The molecule has 6 atom stereocenters. The van der Waals surface area contributed by atoms with Crippen molar-refractivity contribution in [2.24, 2.45) is 0 Å². The van der Waals surface area contributed by atoms with Gasteiger partial charge in [-0.05, 0) is 143 Å². The van der Waals surface area contributed by atoms with Gasteiger partial charge in [0, 0.05) is 84.2 Å². The Labute approximate surface area is 577 Å². The predicted molar refractivity (Wildman–Crippen MR) is 376 cm³/mol. The van der Waals surface area contributed by atoms with E-state index in [-0.39, 0.29) is 56.6 Å². The number of nitrogens with one attached hydrogen (secondary N) is 6. The van der Waals surface area contributed by atoms with Crippen LogP contribution in [0.15, 0.2) is 141 Å². The van der Waals surface area contributed by atoms with Gasteiger partial charge in [0.15, 0.2) is 0 Å². The van der Waals surface area contributed by atoms with Gasteiger partial charge in [-0.3, -0.25) is 14.4 Å². The Morgan fingerprint density at radius 3 is 0.914 bits per heavy atom. The van der Waals surface area contributed by atoms with Crippen molar-refractivity contribution in [2.45, 2.75) is 77.8 Å². The average molecular weight is 1510 g/mol. The monoisotopic (exact) mass is 1500 g/mol. The second-order valence-corrected chi connectivity index (χ2v) is 32.5. The van der Waals surface area contributed by atoms with E-state index >= 15 is 0 Å². The molecule has 0 saturated carbocycles. The molecule has 3 unspecified atom stereocenters. The summed E-state index contributed by atoms with van der Waals surface area (Å²) in [7, 11) is -7.52. The summed E-state index contributed by atoms with van der Waals surface area (Å²) in [6, 6.07) is 24.7. The molecule has 3 aromatic carbocycles. The van der Waals surface area contributed by atoms with Gasteiger partial charge in [0.05, 0.1) is 33.2 Å². The van der Waals surface area contributed by atoms with Gasteiger partial charge in [-0.2, -0.15) is 52.3 Å². The first-order valence-corrected chi connectivity index (χ1v) is 37.4. The summed E-state index contributed by atoms with van der Waals surface area (Å²) in [5.74, 6) is -3.33. The first kappa shape index (κ1) is 74.9. The zero-order valence-corrected chi connectivity index (χ0v) is 56.5. The number of benzene rings is 3. The number of hydrogen-bond acceptors (Lipinski definition) is 15. The van der Waals surface area contributed by atoms with E-state index in [1.165, 1.54) is 91.6 Å². The van der Waals surface area contributed by atoms with Gasteiger partial charge in [0.1, 0.15) is 35.6 Å². The summed E-state index contributed by atoms with van der Waals surface area (Å²) < 4.78 is 127. The van der Waals surface area contributed by atoms with E-state index in [2.05, 4.69) is 30.1 Å². The number of nitrogens with zero attached hydrogens (tertiary/aromatic N) is 3. The molecule has 9 heterocycles. The van der Waals surface area contributed by atoms with Crippen LogP contribution < -0.4 is 30.1 Å². The van der Waals surface area contributed by atoms with Crippen molar-refractivity contribution in [2.75, 3.05) is 37.1 Å². The largest absolute Gasteiger partial charge is 0.325 e. The Balaban J connectivity index is 0.000000194. The molecule has 3 fully saturated rings. The minimum atomic E-state index is -3.86. The van der Waals surface area contributed by atoms with Crippen molar-refractivity contribution in [3.63, 3.8) is 0 Å². The highest BCUT2D eigenvalue weighted by atomic mass is 35.5. The summed E-state index contributed by atoms with van der Waals surface area (Å²) in [5.41, 5.74) is 3.94. The first-order valence-electron chi connectivity index (χ1n) is 26.6. The van der Waals surface area contributed by atoms with E-state index in [1.807, 2.05) is 86.9 Å². The standard InChI is InChI=1S/3C19H17ClFN3O3S3.3CH4/c3*1-24-16(19(25)22-12-4-5-14(21)13(20)8-12)9-15(23-30(24,26)27)18-7-11(10-29-18)17-3-2-6-28-17;;;/h3*2-8,10,15-16,23H,9H2,1H3,(H,22,25);3*1H4/t15?,16-;15-,16+;;;;/m00..../s1. The SMILES string of the molecule is C.C.C.CN1C(C(=O)Nc2ccc(F)c(Cl)c2)CC(c2cc(-c3cccs3)cs2)NS1(=O)=O.CN1[C@@H](C(=O)Nc2ccc(F)c(Cl)c2)C[C@@H](c2cc(-c3cccs3)cs2)NS1(=O)=O.CN1[C@H](C(=O)Nc2ccc(F)c(Cl)c2)CC(c2cc(-c3cccs3)cs2)NS1(=O)=O. The molecule has 0 radical (unpaired) electrons. The molecule has 0 bridgehead atoms. The third-order valence-electron chi connectivity index (χ3n) is 14.5. The number of thiophene rings is 6. The number of carbonyl (C=O) groups excluding carboxylic acids is 3. The molecule has 498 valence electrons. The van der Waals surface area contributed by atoms with Gasteiger partial charge in [-0.25, -0.2) is 13.2 Å². The normalized spacial score (nSPS) is 20.7. The average Bonchev–Trinajstić information content (AvgIpc) is 1.74. The summed E-state index contributed by atoms with van der Waals surface area (Å²) in [6.45, 7) is 0. The molecule has 0 aliphatic carbocycles. The van der Waals surface area contributed by atoms with Gasteiger partial charge < -0.3 is 16.0 Å². The fourth-order valence-electron chi connectivity index (χ4n) is 9.61. The number of halogens is 6. The van der Waals surface area contributed by atoms with Crippen LogP contribution >= 0.6 is 103 Å². The number of carbonyl (C=O) groups is 3. The maximum Gasteiger partial charge on any atom is 0.280 e. The van der Waals surface area contributed by atoms with Crippen LogP contribution in [0.1, 0.15) is 74.3 Å². The molecule has 6 aromatic heterocycles. The highest BCUT2D eigenvalue weighted by Crippen LogP contribution is 2.40. The van der Waals surface area contributed by atoms with Crippen LogP contribution in [0.4, 0.5) is 30.2 Å². The Hall–Kier alpha value is -5.46. The molecule has 93 heavy (non-hydrogen) atoms. The van der Waals surface area contributed by atoms with Crippen molar-refractivity contribution >= 4 is 168 Å². The van der Waals surface area contributed by atoms with E-state index < -0.39 is 102 Å². The van der Waals surface area contributed by atoms with Gasteiger partial charge in [-0.1, -0.05) is 75.3 Å². The van der Waals surface area contributed by atoms with Crippen LogP contribution in [0.5, 0.6) is 0 Å². The lowest BCUT2D eigenvalue weighted by atomic mass is 10.0. The number of hydrogen-bond donors (Lipinski definition) is 6. The second kappa shape index (κ2) is 31.6. The molecule has 3 aliphatic rings. The van der Waals surface area contributed by atoms with Crippen LogP contribution in [-0.4, -0.2) is 95.2 Å². The van der Waals surface area contributed by atoms with Gasteiger partial charge in [0.2, 0.25) is 17.7 Å². The first-order chi connectivity index (χ1) is 42.7. The highest BCUT2D eigenvalue weighted by Gasteiger charge is 2.44. The van der Waals surface area contributed by atoms with Gasteiger partial charge >= 0.3 is 0 Å². The molecule has 6 N–H and O–H groups in total. The molecular weight excluding hydrogens is 1440 g/mol. The highest BCUT2D eigenvalue weighted by molar-refractivity contribution is 7.87. The van der Waals surface area contributed by atoms with Crippen LogP contribution in [0.25, 0.3) is 31.3 Å². The maximum atomic E-state index is 13.4. The Bertz CT molecular complexity index is 3990. The third-order valence-corrected chi connectivity index (χ3v) is 26.0. The summed E-state index contributed by atoms with van der Waals surface area (Å²) >= 11 is 26.4. The van der Waals surface area contributed by atoms with Crippen LogP contribution in [-0.2, 0) is 45.0 Å². The number of anilines is 3. The molecule has 18 nitrogen and oxygen atoms in total. The number of likely N-dealkylation sites (N-methyl/N-ethyl adjacent to an activating group) is 3. The molecule has 0 spiro atoms. The zero-order chi connectivity index (χ0) is 64.4. The summed E-state index contributed by atoms with van der Waals surface area (Å²) in [6.07, 6.45) is 0.753. The van der Waals surface area contributed by atoms with Crippen molar-refractivity contribution in [3.8, 4) is 31.3 Å². The second-order valence-electron chi connectivity index (χ2n) is 20.3. The van der Waals surface area contributed by atoms with Crippen LogP contribution in [0.2, 0.25) is 15.1 Å². The number of amides is 3. The molecule has 3 saturated heterocycles. The molecule has 3 amide bonds. The fraction of sp³-hybridized carbons (Fsp3) is 0.250.